The minimum atomic E-state index is -4.42. The molecule has 0 saturated carbocycles. The summed E-state index contributed by atoms with van der Waals surface area (Å²) in [5.74, 6) is 0.00591. The quantitative estimate of drug-likeness (QED) is 0.107. The van der Waals surface area contributed by atoms with Gasteiger partial charge in [0.15, 0.2) is 11.5 Å². The first-order valence-electron chi connectivity index (χ1n) is 16.6. The average Bonchev–Trinajstić information content (AvgIpc) is 3.13. The number of amides is 2. The third kappa shape index (κ3) is 10.1. The van der Waals surface area contributed by atoms with E-state index in [-0.39, 0.29) is 35.2 Å². The van der Waals surface area contributed by atoms with E-state index in [2.05, 4.69) is 5.32 Å². The van der Waals surface area contributed by atoms with Crippen LogP contribution in [0, 0.1) is 0 Å². The van der Waals surface area contributed by atoms with Crippen LogP contribution in [-0.2, 0) is 32.6 Å². The summed E-state index contributed by atoms with van der Waals surface area (Å²) in [4.78, 5) is 30.0. The fraction of sp³-hybridized carbons (Fsp3) is 0.316. The smallest absolute Gasteiger partial charge is 0.264 e. The minimum absolute atomic E-state index is 0.138. The van der Waals surface area contributed by atoms with E-state index < -0.39 is 28.5 Å². The molecule has 0 spiro atoms. The van der Waals surface area contributed by atoms with Crippen molar-refractivity contribution in [2.45, 2.75) is 50.6 Å². The first-order valence-corrected chi connectivity index (χ1v) is 18.7. The summed E-state index contributed by atoms with van der Waals surface area (Å²) < 4.78 is 46.3. The molecule has 4 rings (SSSR count). The lowest BCUT2D eigenvalue weighted by Crippen LogP contribution is -2.53. The number of hydrogen-bond acceptors (Lipinski definition) is 7. The molecule has 13 heteroatoms. The molecule has 0 aliphatic rings. The molecule has 0 fully saturated rings. The van der Waals surface area contributed by atoms with Crippen LogP contribution in [0.25, 0.3) is 0 Å². The Kier molecular flexibility index (Phi) is 14.4. The predicted octanol–water partition coefficient (Wildman–Crippen LogP) is 7.16. The second kappa shape index (κ2) is 18.7. The molecule has 51 heavy (non-hydrogen) atoms. The first-order chi connectivity index (χ1) is 24.5. The lowest BCUT2D eigenvalue weighted by molar-refractivity contribution is -0.140. The number of nitrogens with zero attached hydrogens (tertiary/aromatic N) is 2. The van der Waals surface area contributed by atoms with Crippen LogP contribution in [0.3, 0.4) is 0 Å². The third-order valence-electron chi connectivity index (χ3n) is 8.15. The van der Waals surface area contributed by atoms with Crippen LogP contribution in [0.1, 0.15) is 37.8 Å². The van der Waals surface area contributed by atoms with E-state index >= 15 is 0 Å². The third-order valence-corrected chi connectivity index (χ3v) is 10.6. The summed E-state index contributed by atoms with van der Waals surface area (Å²) in [6.45, 7) is 3.83. The van der Waals surface area contributed by atoms with Gasteiger partial charge in [0.05, 0.1) is 31.4 Å². The number of nitrogens with one attached hydrogen (secondary N) is 1. The van der Waals surface area contributed by atoms with Gasteiger partial charge in [-0.05, 0) is 67.4 Å². The summed E-state index contributed by atoms with van der Waals surface area (Å²) in [6, 6.07) is 23.8. The van der Waals surface area contributed by atoms with Crippen molar-refractivity contribution in [2.24, 2.45) is 0 Å². The van der Waals surface area contributed by atoms with Crippen molar-refractivity contribution in [3.8, 4) is 17.2 Å². The molecule has 2 amide bonds. The minimum Gasteiger partial charge on any atom is -0.494 e. The zero-order valence-electron chi connectivity index (χ0n) is 29.1. The van der Waals surface area contributed by atoms with Crippen LogP contribution in [0.2, 0.25) is 10.0 Å². The van der Waals surface area contributed by atoms with Crippen molar-refractivity contribution < 1.29 is 32.2 Å². The van der Waals surface area contributed by atoms with Crippen LogP contribution in [-0.4, -0.2) is 65.1 Å². The van der Waals surface area contributed by atoms with Gasteiger partial charge in [-0.2, -0.15) is 0 Å². The SMILES string of the molecule is CCCCNC(=O)[C@H](Cc1ccccc1)N(Cc1c(Cl)cccc1Cl)C(=O)CN(c1ccc(OCC)cc1)S(=O)(=O)c1ccc(OC)c(OC)c1. The number of unbranched alkanes of at least 4 members (excludes halogenated alkanes) is 1. The van der Waals surface area contributed by atoms with E-state index in [1.165, 1.54) is 37.3 Å². The van der Waals surface area contributed by atoms with Crippen LogP contribution >= 0.6 is 23.2 Å². The zero-order valence-corrected chi connectivity index (χ0v) is 31.4. The number of anilines is 1. The Morgan fingerprint density at radius 1 is 0.843 bits per heavy atom. The molecule has 0 saturated heterocycles. The van der Waals surface area contributed by atoms with Gasteiger partial charge < -0.3 is 24.4 Å². The Labute approximate surface area is 310 Å². The topological polar surface area (TPSA) is 114 Å². The van der Waals surface area contributed by atoms with Gasteiger partial charge in [0.2, 0.25) is 11.8 Å². The van der Waals surface area contributed by atoms with Gasteiger partial charge in [0.25, 0.3) is 10.0 Å². The molecule has 0 radical (unpaired) electrons. The predicted molar refractivity (Wildman–Crippen MR) is 201 cm³/mol. The zero-order chi connectivity index (χ0) is 37.0. The maximum absolute atomic E-state index is 14.8. The van der Waals surface area contributed by atoms with E-state index in [1.807, 2.05) is 44.2 Å². The highest BCUT2D eigenvalue weighted by atomic mass is 35.5. The average molecular weight is 757 g/mol. The summed E-state index contributed by atoms with van der Waals surface area (Å²) >= 11 is 13.2. The molecule has 4 aromatic rings. The number of carbonyl (C=O) groups excluding carboxylic acids is 2. The van der Waals surface area contributed by atoms with Crippen LogP contribution < -0.4 is 23.8 Å². The van der Waals surface area contributed by atoms with Crippen LogP contribution in [0.5, 0.6) is 17.2 Å². The number of carbonyl (C=O) groups is 2. The monoisotopic (exact) mass is 755 g/mol. The van der Waals surface area contributed by atoms with Gasteiger partial charge >= 0.3 is 0 Å². The summed E-state index contributed by atoms with van der Waals surface area (Å²) in [5, 5.41) is 3.56. The molecule has 0 aromatic heterocycles. The molecular formula is C38H43Cl2N3O7S. The van der Waals surface area contributed by atoms with Crippen molar-refractivity contribution >= 4 is 50.7 Å². The summed E-state index contributed by atoms with van der Waals surface area (Å²) in [5.41, 5.74) is 1.42. The summed E-state index contributed by atoms with van der Waals surface area (Å²) in [7, 11) is -1.57. The lowest BCUT2D eigenvalue weighted by atomic mass is 10.0. The standard InChI is InChI=1S/C38H43Cl2N3O7S/c1-5-7-22-41-38(45)34(23-27-12-9-8-10-13-27)42(25-31-32(39)14-11-15-33(31)40)37(44)26-43(28-16-18-29(19-17-28)50-6-2)51(46,47)30-20-21-35(48-3)36(24-30)49-4/h8-21,24,34H,5-7,22-23,25-26H2,1-4H3,(H,41,45)/t34-/m0/s1. The highest BCUT2D eigenvalue weighted by molar-refractivity contribution is 7.92. The van der Waals surface area contributed by atoms with Gasteiger partial charge in [0, 0.05) is 41.2 Å². The van der Waals surface area contributed by atoms with Crippen LogP contribution in [0.15, 0.2) is 95.9 Å². The highest BCUT2D eigenvalue weighted by Crippen LogP contribution is 2.33. The molecular weight excluding hydrogens is 713 g/mol. The summed E-state index contributed by atoms with van der Waals surface area (Å²) in [6.07, 6.45) is 1.74. The van der Waals surface area contributed by atoms with E-state index in [4.69, 9.17) is 37.4 Å². The second-order valence-corrected chi connectivity index (χ2v) is 14.2. The van der Waals surface area contributed by atoms with E-state index in [1.54, 1.807) is 42.5 Å². The number of methoxy groups -OCH3 is 2. The lowest BCUT2D eigenvalue weighted by Gasteiger charge is -2.34. The largest absolute Gasteiger partial charge is 0.494 e. The fourth-order valence-corrected chi connectivity index (χ4v) is 7.37. The Morgan fingerprint density at radius 3 is 2.12 bits per heavy atom. The molecule has 0 bridgehead atoms. The van der Waals surface area contributed by atoms with Crippen molar-refractivity contribution in [3.63, 3.8) is 0 Å². The van der Waals surface area contributed by atoms with Gasteiger partial charge in [-0.15, -0.1) is 0 Å². The van der Waals surface area contributed by atoms with Gasteiger partial charge in [-0.1, -0.05) is 72.9 Å². The van der Waals surface area contributed by atoms with Gasteiger partial charge in [0.1, 0.15) is 18.3 Å². The molecule has 1 atom stereocenters. The fourth-order valence-electron chi connectivity index (χ4n) is 5.42. The Bertz CT molecular complexity index is 1860. The number of sulfonamides is 1. The number of ether oxygens (including phenoxy) is 3. The molecule has 0 aliphatic heterocycles. The van der Waals surface area contributed by atoms with Crippen molar-refractivity contribution in [2.75, 3.05) is 38.2 Å². The maximum atomic E-state index is 14.8. The van der Waals surface area contributed by atoms with Gasteiger partial charge in [-0.3, -0.25) is 13.9 Å². The second-order valence-electron chi connectivity index (χ2n) is 11.5. The maximum Gasteiger partial charge on any atom is 0.264 e. The van der Waals surface area contributed by atoms with Crippen molar-refractivity contribution in [1.82, 2.24) is 10.2 Å². The van der Waals surface area contributed by atoms with Gasteiger partial charge in [-0.25, -0.2) is 8.42 Å². The van der Waals surface area contributed by atoms with E-state index in [9.17, 15) is 18.0 Å². The molecule has 4 aromatic carbocycles. The van der Waals surface area contributed by atoms with Crippen molar-refractivity contribution in [3.05, 3.63) is 112 Å². The molecule has 0 unspecified atom stereocenters. The van der Waals surface area contributed by atoms with Crippen molar-refractivity contribution in [1.29, 1.82) is 0 Å². The highest BCUT2D eigenvalue weighted by Gasteiger charge is 2.35. The van der Waals surface area contributed by atoms with E-state index in [0.717, 1.165) is 22.7 Å². The number of hydrogen-bond donors (Lipinski definition) is 1. The molecule has 1 N–H and O–H groups in total. The Morgan fingerprint density at radius 2 is 1.51 bits per heavy atom. The Balaban J connectivity index is 1.85. The van der Waals surface area contributed by atoms with E-state index in [0.29, 0.717) is 40.3 Å². The number of rotatable bonds is 18. The number of halogens is 2. The first kappa shape index (κ1) is 39.3. The normalized spacial score (nSPS) is 11.7. The molecule has 0 aliphatic carbocycles. The van der Waals surface area contributed by atoms with Crippen LogP contribution in [0.4, 0.5) is 5.69 Å². The Hall–Kier alpha value is -4.45. The molecule has 10 nitrogen and oxygen atoms in total. The molecule has 0 heterocycles. The number of benzene rings is 4. The molecule has 272 valence electrons.